The number of hydrogen-bond acceptors (Lipinski definition) is 7. The standard InChI is InChI=1S/C22H41NO8/c1-2-3-4-5-6-7-8-9-10-11-12-13-17(25)23-19-21(29)20(28)16(14-24)31-22(19)30-15-18(26)27/h16,19-22,24,28-29H,2-15H2,1H3,(H,23,25)(H,26,27)/t16-,19-,20-,21-,22+/m1/s1. The maximum Gasteiger partial charge on any atom is 0.329 e. The Kier molecular flexibility index (Phi) is 14.7. The summed E-state index contributed by atoms with van der Waals surface area (Å²) >= 11 is 0. The van der Waals surface area contributed by atoms with Crippen molar-refractivity contribution in [3.63, 3.8) is 0 Å². The third-order valence-electron chi connectivity index (χ3n) is 5.59. The minimum Gasteiger partial charge on any atom is -0.480 e. The summed E-state index contributed by atoms with van der Waals surface area (Å²) < 4.78 is 10.4. The van der Waals surface area contributed by atoms with Crippen molar-refractivity contribution in [2.45, 2.75) is 115 Å². The number of carboxylic acids is 1. The lowest BCUT2D eigenvalue weighted by Gasteiger charge is -2.42. The molecule has 1 heterocycles. The van der Waals surface area contributed by atoms with Gasteiger partial charge in [0.1, 0.15) is 31.0 Å². The van der Waals surface area contributed by atoms with E-state index in [2.05, 4.69) is 12.2 Å². The molecule has 5 atom stereocenters. The molecule has 9 heteroatoms. The molecule has 9 nitrogen and oxygen atoms in total. The maximum atomic E-state index is 12.3. The van der Waals surface area contributed by atoms with E-state index in [1.807, 2.05) is 0 Å². The summed E-state index contributed by atoms with van der Waals surface area (Å²) in [5.74, 6) is -1.57. The first kappa shape index (κ1) is 27.8. The molecule has 1 aliphatic heterocycles. The molecule has 0 radical (unpaired) electrons. The minimum absolute atomic E-state index is 0.255. The second-order valence-electron chi connectivity index (χ2n) is 8.29. The number of aliphatic hydroxyl groups excluding tert-OH is 3. The van der Waals surface area contributed by atoms with Crippen molar-refractivity contribution in [2.24, 2.45) is 0 Å². The highest BCUT2D eigenvalue weighted by molar-refractivity contribution is 5.76. The molecule has 1 fully saturated rings. The zero-order chi connectivity index (χ0) is 23.1. The summed E-state index contributed by atoms with van der Waals surface area (Å²) in [5, 5.41) is 41.0. The molecule has 182 valence electrons. The highest BCUT2D eigenvalue weighted by Crippen LogP contribution is 2.22. The van der Waals surface area contributed by atoms with Gasteiger partial charge in [-0.3, -0.25) is 4.79 Å². The minimum atomic E-state index is -1.45. The van der Waals surface area contributed by atoms with E-state index in [1.165, 1.54) is 44.9 Å². The van der Waals surface area contributed by atoms with Crippen molar-refractivity contribution in [1.82, 2.24) is 5.32 Å². The number of aliphatic hydroxyl groups is 3. The number of ether oxygens (including phenoxy) is 2. The van der Waals surface area contributed by atoms with Crippen LogP contribution >= 0.6 is 0 Å². The molecule has 1 rings (SSSR count). The molecule has 1 amide bonds. The van der Waals surface area contributed by atoms with E-state index in [-0.39, 0.29) is 12.3 Å². The molecule has 5 N–H and O–H groups in total. The smallest absolute Gasteiger partial charge is 0.329 e. The van der Waals surface area contributed by atoms with Crippen molar-refractivity contribution in [2.75, 3.05) is 13.2 Å². The van der Waals surface area contributed by atoms with Crippen LogP contribution in [0.3, 0.4) is 0 Å². The average Bonchev–Trinajstić information content (AvgIpc) is 2.74. The lowest BCUT2D eigenvalue weighted by Crippen LogP contribution is -2.64. The number of aliphatic carboxylic acids is 1. The number of unbranched alkanes of at least 4 members (excludes halogenated alkanes) is 10. The highest BCUT2D eigenvalue weighted by Gasteiger charge is 2.45. The van der Waals surface area contributed by atoms with Crippen LogP contribution in [-0.2, 0) is 19.1 Å². The average molecular weight is 448 g/mol. The maximum absolute atomic E-state index is 12.3. The van der Waals surface area contributed by atoms with Crippen molar-refractivity contribution in [1.29, 1.82) is 0 Å². The van der Waals surface area contributed by atoms with Crippen LogP contribution in [0.5, 0.6) is 0 Å². The fraction of sp³-hybridized carbons (Fsp3) is 0.909. The van der Waals surface area contributed by atoms with Gasteiger partial charge in [0.05, 0.1) is 6.61 Å². The Morgan fingerprint density at radius 2 is 1.45 bits per heavy atom. The van der Waals surface area contributed by atoms with Crippen LogP contribution in [0.1, 0.15) is 84.0 Å². The van der Waals surface area contributed by atoms with Crippen LogP contribution < -0.4 is 5.32 Å². The summed E-state index contributed by atoms with van der Waals surface area (Å²) in [6.45, 7) is 0.939. The van der Waals surface area contributed by atoms with Crippen molar-refractivity contribution < 1.29 is 39.5 Å². The number of nitrogens with one attached hydrogen (secondary N) is 1. The van der Waals surface area contributed by atoms with Crippen LogP contribution in [0.2, 0.25) is 0 Å². The number of rotatable bonds is 17. The summed E-state index contributed by atoms with van der Waals surface area (Å²) in [7, 11) is 0. The molecule has 1 aliphatic rings. The van der Waals surface area contributed by atoms with Gasteiger partial charge < -0.3 is 35.2 Å². The molecule has 0 saturated carbocycles. The van der Waals surface area contributed by atoms with Crippen molar-refractivity contribution in [3.05, 3.63) is 0 Å². The predicted molar refractivity (Wildman–Crippen MR) is 114 cm³/mol. The van der Waals surface area contributed by atoms with E-state index in [9.17, 15) is 24.9 Å². The van der Waals surface area contributed by atoms with Crippen LogP contribution in [0.25, 0.3) is 0 Å². The van der Waals surface area contributed by atoms with Gasteiger partial charge in [-0.2, -0.15) is 0 Å². The van der Waals surface area contributed by atoms with E-state index in [1.54, 1.807) is 0 Å². The van der Waals surface area contributed by atoms with E-state index < -0.39 is 49.8 Å². The fourth-order valence-corrected chi connectivity index (χ4v) is 3.74. The van der Waals surface area contributed by atoms with Gasteiger partial charge in [0.2, 0.25) is 5.91 Å². The lowest BCUT2D eigenvalue weighted by atomic mass is 9.96. The van der Waals surface area contributed by atoms with E-state index in [0.29, 0.717) is 6.42 Å². The third kappa shape index (κ3) is 11.2. The van der Waals surface area contributed by atoms with Gasteiger partial charge in [-0.05, 0) is 6.42 Å². The molecule has 0 spiro atoms. The van der Waals surface area contributed by atoms with Crippen LogP contribution in [0.4, 0.5) is 0 Å². The summed E-state index contributed by atoms with van der Waals surface area (Å²) in [5.41, 5.74) is 0. The fourth-order valence-electron chi connectivity index (χ4n) is 3.74. The molecule has 0 aromatic rings. The molecular weight excluding hydrogens is 406 g/mol. The SMILES string of the molecule is CCCCCCCCCCCCCC(=O)N[C@H]1[C@@H](OCC(=O)O)O[C@H](CO)[C@@H](O)[C@@H]1O. The molecular formula is C22H41NO8. The van der Waals surface area contributed by atoms with Crippen molar-refractivity contribution in [3.8, 4) is 0 Å². The first-order valence-electron chi connectivity index (χ1n) is 11.7. The van der Waals surface area contributed by atoms with E-state index >= 15 is 0 Å². The lowest BCUT2D eigenvalue weighted by molar-refractivity contribution is -0.269. The van der Waals surface area contributed by atoms with E-state index in [4.69, 9.17) is 14.6 Å². The van der Waals surface area contributed by atoms with Crippen LogP contribution in [0.15, 0.2) is 0 Å². The summed E-state index contributed by atoms with van der Waals surface area (Å²) in [4.78, 5) is 23.0. The Morgan fingerprint density at radius 1 is 0.903 bits per heavy atom. The molecule has 31 heavy (non-hydrogen) atoms. The summed E-state index contributed by atoms with van der Waals surface area (Å²) in [6.07, 6.45) is 7.82. The van der Waals surface area contributed by atoms with Crippen LogP contribution in [0, 0.1) is 0 Å². The first-order valence-corrected chi connectivity index (χ1v) is 11.7. The molecule has 0 bridgehead atoms. The third-order valence-corrected chi connectivity index (χ3v) is 5.59. The number of amides is 1. The molecule has 0 unspecified atom stereocenters. The van der Waals surface area contributed by atoms with Gasteiger partial charge in [0.15, 0.2) is 6.29 Å². The van der Waals surface area contributed by atoms with Gasteiger partial charge in [-0.15, -0.1) is 0 Å². The number of carbonyl (C=O) groups is 2. The van der Waals surface area contributed by atoms with Gasteiger partial charge in [0, 0.05) is 6.42 Å². The zero-order valence-corrected chi connectivity index (χ0v) is 18.7. The highest BCUT2D eigenvalue weighted by atomic mass is 16.7. The Hall–Kier alpha value is -1.26. The number of carboxylic acid groups (broad SMARTS) is 1. The first-order chi connectivity index (χ1) is 14.9. The van der Waals surface area contributed by atoms with Gasteiger partial charge in [-0.25, -0.2) is 4.79 Å². The molecule has 0 aromatic carbocycles. The normalized spacial score (nSPS) is 26.0. The number of carbonyl (C=O) groups excluding carboxylic acids is 1. The number of hydrogen-bond donors (Lipinski definition) is 5. The molecule has 1 saturated heterocycles. The van der Waals surface area contributed by atoms with Gasteiger partial charge >= 0.3 is 5.97 Å². The molecule has 0 aromatic heterocycles. The largest absolute Gasteiger partial charge is 0.480 e. The Balaban J connectivity index is 2.28. The van der Waals surface area contributed by atoms with E-state index in [0.717, 1.165) is 19.3 Å². The molecule has 0 aliphatic carbocycles. The predicted octanol–water partition coefficient (Wildman–Crippen LogP) is 1.71. The second-order valence-corrected chi connectivity index (χ2v) is 8.29. The quantitative estimate of drug-likeness (QED) is 0.212. The Bertz CT molecular complexity index is 504. The zero-order valence-electron chi connectivity index (χ0n) is 18.7. The summed E-state index contributed by atoms with van der Waals surface area (Å²) in [6, 6.07) is -1.13. The topological polar surface area (TPSA) is 146 Å². The Labute approximate surface area is 185 Å². The Morgan fingerprint density at radius 3 is 1.97 bits per heavy atom. The van der Waals surface area contributed by atoms with Gasteiger partial charge in [0.25, 0.3) is 0 Å². The van der Waals surface area contributed by atoms with Crippen LogP contribution in [-0.4, -0.2) is 76.2 Å². The van der Waals surface area contributed by atoms with Crippen molar-refractivity contribution >= 4 is 11.9 Å². The monoisotopic (exact) mass is 447 g/mol. The van der Waals surface area contributed by atoms with Gasteiger partial charge in [-0.1, -0.05) is 71.1 Å². The second kappa shape index (κ2) is 16.4.